The van der Waals surface area contributed by atoms with Gasteiger partial charge in [0.2, 0.25) is 0 Å². The van der Waals surface area contributed by atoms with E-state index in [1.165, 1.54) is 16.0 Å². The maximum absolute atomic E-state index is 5.25. The van der Waals surface area contributed by atoms with E-state index in [9.17, 15) is 0 Å². The third-order valence-corrected chi connectivity index (χ3v) is 4.67. The maximum atomic E-state index is 5.25. The Morgan fingerprint density at radius 1 is 1.21 bits per heavy atom. The average Bonchev–Trinajstić information content (AvgIpc) is 3.07. The van der Waals surface area contributed by atoms with Gasteiger partial charge in [-0.3, -0.25) is 0 Å². The molecule has 0 aliphatic carbocycles. The summed E-state index contributed by atoms with van der Waals surface area (Å²) >= 11 is 1.74. The summed E-state index contributed by atoms with van der Waals surface area (Å²) in [6.07, 6.45) is 2.98. The first-order valence-corrected chi connectivity index (χ1v) is 9.09. The fourth-order valence-corrected chi connectivity index (χ4v) is 3.07. The van der Waals surface area contributed by atoms with Crippen molar-refractivity contribution in [3.8, 4) is 0 Å². The third kappa shape index (κ3) is 5.62. The van der Waals surface area contributed by atoms with Crippen LogP contribution in [0.15, 0.2) is 35.5 Å². The highest BCUT2D eigenvalue weighted by atomic mass is 32.1. The lowest BCUT2D eigenvalue weighted by molar-refractivity contribution is 0.184. The minimum Gasteiger partial charge on any atom is -0.380 e. The first kappa shape index (κ1) is 18.4. The molecule has 6 heteroatoms. The van der Waals surface area contributed by atoms with Crippen LogP contribution in [0, 0.1) is 0 Å². The Labute approximate surface area is 148 Å². The number of nitrogens with zero attached hydrogens (tertiary/aromatic N) is 2. The Balaban J connectivity index is 1.99. The van der Waals surface area contributed by atoms with Crippen LogP contribution in [-0.2, 0) is 30.9 Å². The van der Waals surface area contributed by atoms with Crippen molar-refractivity contribution >= 4 is 17.3 Å². The number of methoxy groups -OCH3 is 1. The SMILES string of the molecule is CCNC(=NCc1ccccc1COC)NCc1ncc(CC)s1. The lowest BCUT2D eigenvalue weighted by atomic mass is 10.1. The van der Waals surface area contributed by atoms with Gasteiger partial charge in [-0.1, -0.05) is 31.2 Å². The molecule has 0 fully saturated rings. The number of nitrogens with one attached hydrogen (secondary N) is 2. The first-order chi connectivity index (χ1) is 11.8. The number of hydrogen-bond donors (Lipinski definition) is 2. The van der Waals surface area contributed by atoms with Gasteiger partial charge in [0.25, 0.3) is 0 Å². The maximum Gasteiger partial charge on any atom is 0.191 e. The molecule has 0 bridgehead atoms. The average molecular weight is 347 g/mol. The fraction of sp³-hybridized carbons (Fsp3) is 0.444. The van der Waals surface area contributed by atoms with Gasteiger partial charge in [-0.25, -0.2) is 9.98 Å². The molecule has 130 valence electrons. The van der Waals surface area contributed by atoms with E-state index in [1.54, 1.807) is 18.4 Å². The Bertz CT molecular complexity index is 654. The molecule has 0 unspecified atom stereocenters. The molecule has 0 radical (unpaired) electrons. The van der Waals surface area contributed by atoms with Gasteiger partial charge in [-0.15, -0.1) is 11.3 Å². The Morgan fingerprint density at radius 3 is 2.67 bits per heavy atom. The van der Waals surface area contributed by atoms with E-state index >= 15 is 0 Å². The van der Waals surface area contributed by atoms with Crippen molar-refractivity contribution in [2.45, 2.75) is 40.0 Å². The molecule has 2 rings (SSSR count). The summed E-state index contributed by atoms with van der Waals surface area (Å²) in [6, 6.07) is 8.23. The number of aliphatic imine (C=N–C) groups is 1. The van der Waals surface area contributed by atoms with Gasteiger partial charge in [-0.05, 0) is 24.5 Å². The van der Waals surface area contributed by atoms with Crippen LogP contribution in [0.4, 0.5) is 0 Å². The van der Waals surface area contributed by atoms with E-state index < -0.39 is 0 Å². The van der Waals surface area contributed by atoms with Crippen molar-refractivity contribution in [2.24, 2.45) is 4.99 Å². The molecule has 0 aliphatic heterocycles. The minimum absolute atomic E-state index is 0.606. The normalized spacial score (nSPS) is 11.5. The van der Waals surface area contributed by atoms with Gasteiger partial charge in [0.05, 0.1) is 19.7 Å². The molecular weight excluding hydrogens is 320 g/mol. The number of rotatable bonds is 8. The van der Waals surface area contributed by atoms with Crippen molar-refractivity contribution in [1.29, 1.82) is 0 Å². The van der Waals surface area contributed by atoms with E-state index in [0.29, 0.717) is 19.7 Å². The van der Waals surface area contributed by atoms with E-state index in [2.05, 4.69) is 46.6 Å². The molecule has 0 atom stereocenters. The number of hydrogen-bond acceptors (Lipinski definition) is 4. The molecule has 1 aromatic carbocycles. The molecule has 1 aromatic heterocycles. The number of ether oxygens (including phenoxy) is 1. The van der Waals surface area contributed by atoms with Crippen molar-refractivity contribution in [2.75, 3.05) is 13.7 Å². The largest absolute Gasteiger partial charge is 0.380 e. The quantitative estimate of drug-likeness (QED) is 0.570. The van der Waals surface area contributed by atoms with E-state index in [0.717, 1.165) is 23.9 Å². The zero-order chi connectivity index (χ0) is 17.2. The number of thiazole rings is 1. The third-order valence-electron chi connectivity index (χ3n) is 3.53. The summed E-state index contributed by atoms with van der Waals surface area (Å²) in [7, 11) is 1.71. The molecule has 5 nitrogen and oxygen atoms in total. The summed E-state index contributed by atoms with van der Waals surface area (Å²) in [6.45, 7) is 6.95. The number of aromatic nitrogens is 1. The smallest absolute Gasteiger partial charge is 0.191 e. The van der Waals surface area contributed by atoms with Gasteiger partial charge in [0, 0.05) is 24.7 Å². The zero-order valence-corrected chi connectivity index (χ0v) is 15.4. The number of aryl methyl sites for hydroxylation is 1. The van der Waals surface area contributed by atoms with Crippen molar-refractivity contribution in [3.63, 3.8) is 0 Å². The minimum atomic E-state index is 0.606. The fourth-order valence-electron chi connectivity index (χ4n) is 2.27. The highest BCUT2D eigenvalue weighted by molar-refractivity contribution is 7.11. The van der Waals surface area contributed by atoms with Gasteiger partial charge in [-0.2, -0.15) is 0 Å². The molecule has 0 amide bonds. The molecule has 24 heavy (non-hydrogen) atoms. The van der Waals surface area contributed by atoms with Crippen LogP contribution in [0.3, 0.4) is 0 Å². The summed E-state index contributed by atoms with van der Waals surface area (Å²) in [5.41, 5.74) is 2.35. The lowest BCUT2D eigenvalue weighted by Crippen LogP contribution is -2.36. The molecule has 0 saturated carbocycles. The van der Waals surface area contributed by atoms with Crippen molar-refractivity contribution in [3.05, 3.63) is 51.5 Å². The van der Waals surface area contributed by atoms with Crippen LogP contribution in [-0.4, -0.2) is 24.6 Å². The zero-order valence-electron chi connectivity index (χ0n) is 14.6. The van der Waals surface area contributed by atoms with Gasteiger partial charge >= 0.3 is 0 Å². The molecule has 0 aliphatic rings. The Morgan fingerprint density at radius 2 is 2.00 bits per heavy atom. The summed E-state index contributed by atoms with van der Waals surface area (Å²) < 4.78 is 5.25. The number of guanidine groups is 1. The highest BCUT2D eigenvalue weighted by Crippen LogP contribution is 2.13. The van der Waals surface area contributed by atoms with Crippen LogP contribution in [0.2, 0.25) is 0 Å². The predicted octanol–water partition coefficient (Wildman–Crippen LogP) is 3.11. The molecule has 2 N–H and O–H groups in total. The van der Waals surface area contributed by atoms with Crippen LogP contribution >= 0.6 is 11.3 Å². The second-order valence-corrected chi connectivity index (χ2v) is 6.52. The molecule has 0 saturated heterocycles. The van der Waals surface area contributed by atoms with Crippen molar-refractivity contribution < 1.29 is 4.74 Å². The molecule has 1 heterocycles. The summed E-state index contributed by atoms with van der Waals surface area (Å²) in [4.78, 5) is 10.4. The monoisotopic (exact) mass is 346 g/mol. The summed E-state index contributed by atoms with van der Waals surface area (Å²) in [5, 5.41) is 7.71. The van der Waals surface area contributed by atoms with E-state index in [4.69, 9.17) is 4.74 Å². The van der Waals surface area contributed by atoms with Crippen LogP contribution < -0.4 is 10.6 Å². The lowest BCUT2D eigenvalue weighted by Gasteiger charge is -2.11. The molecule has 0 spiro atoms. The highest BCUT2D eigenvalue weighted by Gasteiger charge is 2.04. The topological polar surface area (TPSA) is 58.5 Å². The second-order valence-electron chi connectivity index (χ2n) is 5.32. The van der Waals surface area contributed by atoms with E-state index in [-0.39, 0.29) is 0 Å². The summed E-state index contributed by atoms with van der Waals surface area (Å²) in [5.74, 6) is 0.804. The molecule has 2 aromatic rings. The molecular formula is C18H26N4OS. The van der Waals surface area contributed by atoms with Crippen LogP contribution in [0.1, 0.15) is 34.9 Å². The standard InChI is InChI=1S/C18H26N4OS/c1-4-16-11-20-17(24-16)12-22-18(19-5-2)21-10-14-8-6-7-9-15(14)13-23-3/h6-9,11H,4-5,10,12-13H2,1-3H3,(H2,19,21,22). The van der Waals surface area contributed by atoms with Crippen LogP contribution in [0.5, 0.6) is 0 Å². The first-order valence-electron chi connectivity index (χ1n) is 8.28. The Hall–Kier alpha value is -1.92. The van der Waals surface area contributed by atoms with Crippen LogP contribution in [0.25, 0.3) is 0 Å². The van der Waals surface area contributed by atoms with Gasteiger partial charge in [0.15, 0.2) is 5.96 Å². The Kier molecular flexibility index (Phi) is 7.71. The second kappa shape index (κ2) is 10.1. The number of benzene rings is 1. The van der Waals surface area contributed by atoms with Gasteiger partial charge < -0.3 is 15.4 Å². The predicted molar refractivity (Wildman–Crippen MR) is 100 cm³/mol. The van der Waals surface area contributed by atoms with Gasteiger partial charge in [0.1, 0.15) is 5.01 Å². The van der Waals surface area contributed by atoms with E-state index in [1.807, 2.05) is 18.3 Å². The van der Waals surface area contributed by atoms with Crippen molar-refractivity contribution in [1.82, 2.24) is 15.6 Å².